The molecule has 0 saturated heterocycles. The quantitative estimate of drug-likeness (QED) is 0.664. The lowest BCUT2D eigenvalue weighted by atomic mass is 9.54. The Balaban J connectivity index is 1.65. The van der Waals surface area contributed by atoms with Crippen LogP contribution in [0.4, 0.5) is 0 Å². The predicted octanol–water partition coefficient (Wildman–Crippen LogP) is 2.62. The summed E-state index contributed by atoms with van der Waals surface area (Å²) in [6, 6.07) is 0. The van der Waals surface area contributed by atoms with Gasteiger partial charge in [-0.15, -0.1) is 0 Å². The third-order valence-corrected chi connectivity index (χ3v) is 4.68. The van der Waals surface area contributed by atoms with Gasteiger partial charge in [0.1, 0.15) is 0 Å². The van der Waals surface area contributed by atoms with Crippen molar-refractivity contribution >= 4 is 0 Å². The molecule has 2 heteroatoms. The molecular weight excluding hydrogens is 188 g/mol. The predicted molar refractivity (Wildman–Crippen MR) is 58.7 cm³/mol. The van der Waals surface area contributed by atoms with Crippen LogP contribution in [0.3, 0.4) is 0 Å². The zero-order valence-corrected chi connectivity index (χ0v) is 9.71. The van der Waals surface area contributed by atoms with Crippen LogP contribution < -0.4 is 0 Å². The summed E-state index contributed by atoms with van der Waals surface area (Å²) in [6.07, 6.45) is 8.49. The summed E-state index contributed by atoms with van der Waals surface area (Å²) in [5, 5.41) is 0. The zero-order chi connectivity index (χ0) is 10.3. The van der Waals surface area contributed by atoms with Crippen LogP contribution in [0.5, 0.6) is 0 Å². The second-order valence-electron chi connectivity index (χ2n) is 5.94. The fourth-order valence-corrected chi connectivity index (χ4v) is 4.55. The summed E-state index contributed by atoms with van der Waals surface area (Å²) < 4.78 is 11.2. The highest BCUT2D eigenvalue weighted by Gasteiger charge is 2.51. The Labute approximate surface area is 92.3 Å². The average Bonchev–Trinajstić information content (AvgIpc) is 2.15. The second kappa shape index (κ2) is 3.74. The van der Waals surface area contributed by atoms with E-state index in [-0.39, 0.29) is 5.60 Å². The van der Waals surface area contributed by atoms with E-state index in [9.17, 15) is 0 Å². The van der Waals surface area contributed by atoms with Crippen LogP contribution in [-0.4, -0.2) is 25.9 Å². The highest BCUT2D eigenvalue weighted by atomic mass is 16.5. The van der Waals surface area contributed by atoms with E-state index in [1.807, 2.05) is 0 Å². The molecule has 4 fully saturated rings. The molecule has 0 atom stereocenters. The third kappa shape index (κ3) is 1.83. The molecule has 0 aromatic heterocycles. The van der Waals surface area contributed by atoms with E-state index < -0.39 is 0 Å². The summed E-state index contributed by atoms with van der Waals surface area (Å²) in [4.78, 5) is 0. The Bertz CT molecular complexity index is 201. The van der Waals surface area contributed by atoms with Crippen molar-refractivity contribution in [3.05, 3.63) is 0 Å². The fraction of sp³-hybridized carbons (Fsp3) is 1.00. The van der Waals surface area contributed by atoms with Gasteiger partial charge in [-0.3, -0.25) is 0 Å². The standard InChI is InChI=1S/C13H22O2/c1-14-2-3-15-13-7-10-4-11(8-13)6-12(5-10)9-13/h10-12H,2-9H2,1H3. The lowest BCUT2D eigenvalue weighted by Gasteiger charge is -2.56. The van der Waals surface area contributed by atoms with Gasteiger partial charge in [0, 0.05) is 7.11 Å². The zero-order valence-electron chi connectivity index (χ0n) is 9.71. The maximum Gasteiger partial charge on any atom is 0.0707 e. The van der Waals surface area contributed by atoms with Gasteiger partial charge in [-0.1, -0.05) is 0 Å². The van der Waals surface area contributed by atoms with Crippen molar-refractivity contribution in [3.63, 3.8) is 0 Å². The largest absolute Gasteiger partial charge is 0.382 e. The molecule has 0 aliphatic heterocycles. The van der Waals surface area contributed by atoms with Gasteiger partial charge in [-0.2, -0.15) is 0 Å². The van der Waals surface area contributed by atoms with Crippen molar-refractivity contribution in [1.82, 2.24) is 0 Å². The Kier molecular flexibility index (Phi) is 2.52. The van der Waals surface area contributed by atoms with Gasteiger partial charge in [-0.05, 0) is 56.3 Å². The first-order chi connectivity index (χ1) is 7.30. The molecular formula is C13H22O2. The molecule has 0 amide bonds. The van der Waals surface area contributed by atoms with E-state index >= 15 is 0 Å². The van der Waals surface area contributed by atoms with Crippen LogP contribution in [0.15, 0.2) is 0 Å². The molecule has 0 heterocycles. The number of ether oxygens (including phenoxy) is 2. The van der Waals surface area contributed by atoms with E-state index in [2.05, 4.69) is 0 Å². The van der Waals surface area contributed by atoms with E-state index in [1.165, 1.54) is 38.5 Å². The van der Waals surface area contributed by atoms with Crippen LogP contribution in [0, 0.1) is 17.8 Å². The van der Waals surface area contributed by atoms with Gasteiger partial charge in [-0.25, -0.2) is 0 Å². The molecule has 86 valence electrons. The monoisotopic (exact) mass is 210 g/mol. The molecule has 0 aromatic carbocycles. The lowest BCUT2D eigenvalue weighted by molar-refractivity contribution is -0.167. The smallest absolute Gasteiger partial charge is 0.0707 e. The van der Waals surface area contributed by atoms with E-state index in [0.29, 0.717) is 0 Å². The molecule has 0 spiro atoms. The molecule has 4 bridgehead atoms. The summed E-state index contributed by atoms with van der Waals surface area (Å²) >= 11 is 0. The molecule has 0 N–H and O–H groups in total. The van der Waals surface area contributed by atoms with Gasteiger partial charge in [0.25, 0.3) is 0 Å². The SMILES string of the molecule is COCCOC12CC3CC(CC(C3)C1)C2. The molecule has 15 heavy (non-hydrogen) atoms. The van der Waals surface area contributed by atoms with Gasteiger partial charge in [0.05, 0.1) is 18.8 Å². The van der Waals surface area contributed by atoms with Gasteiger partial charge in [0.2, 0.25) is 0 Å². The van der Waals surface area contributed by atoms with Crippen LogP contribution >= 0.6 is 0 Å². The molecule has 4 rings (SSSR count). The minimum absolute atomic E-state index is 0.271. The Morgan fingerprint density at radius 1 is 0.933 bits per heavy atom. The maximum atomic E-state index is 6.16. The Hall–Kier alpha value is -0.0800. The van der Waals surface area contributed by atoms with Crippen molar-refractivity contribution in [2.45, 2.75) is 44.1 Å². The van der Waals surface area contributed by atoms with Crippen molar-refractivity contribution in [3.8, 4) is 0 Å². The number of methoxy groups -OCH3 is 1. The fourth-order valence-electron chi connectivity index (χ4n) is 4.55. The van der Waals surface area contributed by atoms with Crippen molar-refractivity contribution in [2.24, 2.45) is 17.8 Å². The molecule has 2 nitrogen and oxygen atoms in total. The molecule has 4 aliphatic carbocycles. The maximum absolute atomic E-state index is 6.16. The summed E-state index contributed by atoms with van der Waals surface area (Å²) in [7, 11) is 1.75. The molecule has 0 aromatic rings. The average molecular weight is 210 g/mol. The van der Waals surface area contributed by atoms with Crippen LogP contribution in [0.25, 0.3) is 0 Å². The van der Waals surface area contributed by atoms with Crippen molar-refractivity contribution in [2.75, 3.05) is 20.3 Å². The first-order valence-corrected chi connectivity index (χ1v) is 6.42. The van der Waals surface area contributed by atoms with Gasteiger partial charge < -0.3 is 9.47 Å². The summed E-state index contributed by atoms with van der Waals surface area (Å²) in [6.45, 7) is 1.55. The molecule has 0 radical (unpaired) electrons. The highest BCUT2D eigenvalue weighted by Crippen LogP contribution is 2.56. The van der Waals surface area contributed by atoms with Crippen LogP contribution in [0.2, 0.25) is 0 Å². The third-order valence-electron chi connectivity index (χ3n) is 4.68. The minimum atomic E-state index is 0.271. The first kappa shape index (κ1) is 10.1. The number of rotatable bonds is 4. The van der Waals surface area contributed by atoms with Crippen molar-refractivity contribution in [1.29, 1.82) is 0 Å². The molecule has 0 unspecified atom stereocenters. The number of hydrogen-bond donors (Lipinski definition) is 0. The van der Waals surface area contributed by atoms with Gasteiger partial charge in [0.15, 0.2) is 0 Å². The van der Waals surface area contributed by atoms with Crippen LogP contribution in [0.1, 0.15) is 38.5 Å². The highest BCUT2D eigenvalue weighted by molar-refractivity contribution is 5.03. The van der Waals surface area contributed by atoms with E-state index in [4.69, 9.17) is 9.47 Å². The Morgan fingerprint density at radius 3 is 1.93 bits per heavy atom. The summed E-state index contributed by atoms with van der Waals surface area (Å²) in [5.74, 6) is 2.95. The molecule has 4 saturated carbocycles. The topological polar surface area (TPSA) is 18.5 Å². The normalized spacial score (nSPS) is 47.4. The summed E-state index contributed by atoms with van der Waals surface area (Å²) in [5.41, 5.74) is 0.271. The van der Waals surface area contributed by atoms with Crippen molar-refractivity contribution < 1.29 is 9.47 Å². The Morgan fingerprint density at radius 2 is 1.47 bits per heavy atom. The second-order valence-corrected chi connectivity index (χ2v) is 5.94. The first-order valence-electron chi connectivity index (χ1n) is 6.42. The number of hydrogen-bond acceptors (Lipinski definition) is 2. The van der Waals surface area contributed by atoms with Crippen LogP contribution in [-0.2, 0) is 9.47 Å². The van der Waals surface area contributed by atoms with Gasteiger partial charge >= 0.3 is 0 Å². The van der Waals surface area contributed by atoms with E-state index in [0.717, 1.165) is 31.0 Å². The van der Waals surface area contributed by atoms with E-state index in [1.54, 1.807) is 7.11 Å². The lowest BCUT2D eigenvalue weighted by Crippen LogP contribution is -2.52. The molecule has 4 aliphatic rings. The minimum Gasteiger partial charge on any atom is -0.382 e.